The van der Waals surface area contributed by atoms with Crippen LogP contribution in [0.15, 0.2) is 24.3 Å². The van der Waals surface area contributed by atoms with Gasteiger partial charge in [-0.15, -0.1) is 0 Å². The van der Waals surface area contributed by atoms with Gasteiger partial charge in [-0.25, -0.2) is 14.8 Å². The van der Waals surface area contributed by atoms with Crippen LogP contribution in [0.25, 0.3) is 0 Å². The van der Waals surface area contributed by atoms with Gasteiger partial charge in [0.2, 0.25) is 0 Å². The van der Waals surface area contributed by atoms with Crippen molar-refractivity contribution in [1.29, 1.82) is 0 Å². The van der Waals surface area contributed by atoms with Crippen LogP contribution in [-0.4, -0.2) is 32.6 Å². The second-order valence-electron chi connectivity index (χ2n) is 7.11. The zero-order valence-electron chi connectivity index (χ0n) is 15.0. The van der Waals surface area contributed by atoms with Crippen LogP contribution in [0.3, 0.4) is 0 Å². The van der Waals surface area contributed by atoms with Crippen LogP contribution in [-0.2, 0) is 25.9 Å². The van der Waals surface area contributed by atoms with E-state index in [0.717, 1.165) is 35.4 Å². The molecule has 2 N–H and O–H groups in total. The van der Waals surface area contributed by atoms with E-state index < -0.39 is 6.10 Å². The molecule has 2 aromatic rings. The Morgan fingerprint density at radius 1 is 1.27 bits per heavy atom. The summed E-state index contributed by atoms with van der Waals surface area (Å²) in [5.74, 6) is 0.662. The van der Waals surface area contributed by atoms with E-state index in [0.29, 0.717) is 25.5 Å². The molecule has 0 spiro atoms. The molecule has 0 saturated carbocycles. The number of hydrogen-bond donors (Lipinski definition) is 2. The maximum absolute atomic E-state index is 12.5. The molecular formula is C20H24N4O2. The Hall–Kier alpha value is -2.47. The zero-order valence-corrected chi connectivity index (χ0v) is 15.0. The molecule has 6 heteroatoms. The van der Waals surface area contributed by atoms with E-state index in [9.17, 15) is 9.90 Å². The first-order valence-corrected chi connectivity index (χ1v) is 9.25. The molecule has 2 aliphatic rings. The molecule has 26 heavy (non-hydrogen) atoms. The molecule has 0 bridgehead atoms. The topological polar surface area (TPSA) is 78.4 Å². The van der Waals surface area contributed by atoms with E-state index in [-0.39, 0.29) is 6.03 Å². The van der Waals surface area contributed by atoms with Crippen molar-refractivity contribution in [2.24, 2.45) is 0 Å². The van der Waals surface area contributed by atoms with Gasteiger partial charge in [-0.2, -0.15) is 0 Å². The molecule has 2 amide bonds. The number of aryl methyl sites for hydroxylation is 2. The van der Waals surface area contributed by atoms with Gasteiger partial charge in [0.25, 0.3) is 0 Å². The summed E-state index contributed by atoms with van der Waals surface area (Å²) in [7, 11) is 0. The van der Waals surface area contributed by atoms with Gasteiger partial charge >= 0.3 is 6.03 Å². The van der Waals surface area contributed by atoms with Crippen LogP contribution >= 0.6 is 0 Å². The number of nitrogens with one attached hydrogen (secondary N) is 1. The molecule has 1 aromatic carbocycles. The Balaban J connectivity index is 1.43. The minimum atomic E-state index is -0.645. The third kappa shape index (κ3) is 3.29. The van der Waals surface area contributed by atoms with E-state index in [1.165, 1.54) is 18.4 Å². The SMILES string of the molecule is Cc1nc(CNC(=O)N2Cc3ccccc3[C@@H](O)C2)nc2c1CCCC2. The molecule has 1 atom stereocenters. The first kappa shape index (κ1) is 17.0. The first-order valence-electron chi connectivity index (χ1n) is 9.25. The molecule has 0 fully saturated rings. The summed E-state index contributed by atoms with van der Waals surface area (Å²) in [6.45, 7) is 3.13. The lowest BCUT2D eigenvalue weighted by Crippen LogP contribution is -2.44. The number of aromatic nitrogens is 2. The number of hydrogen-bond acceptors (Lipinski definition) is 4. The summed E-state index contributed by atoms with van der Waals surface area (Å²) in [4.78, 5) is 23.4. The largest absolute Gasteiger partial charge is 0.387 e. The molecule has 0 saturated heterocycles. The second-order valence-corrected chi connectivity index (χ2v) is 7.11. The fraction of sp³-hybridized carbons (Fsp3) is 0.450. The third-order valence-corrected chi connectivity index (χ3v) is 5.29. The highest BCUT2D eigenvalue weighted by Crippen LogP contribution is 2.26. The predicted molar refractivity (Wildman–Crippen MR) is 97.5 cm³/mol. The minimum Gasteiger partial charge on any atom is -0.387 e. The molecule has 2 heterocycles. The number of amides is 2. The normalized spacial score (nSPS) is 18.8. The summed E-state index contributed by atoms with van der Waals surface area (Å²) >= 11 is 0. The van der Waals surface area contributed by atoms with Crippen LogP contribution in [0.4, 0.5) is 4.79 Å². The van der Waals surface area contributed by atoms with Gasteiger partial charge in [-0.05, 0) is 49.3 Å². The van der Waals surface area contributed by atoms with Crippen molar-refractivity contribution in [3.63, 3.8) is 0 Å². The predicted octanol–water partition coefficient (Wildman–Crippen LogP) is 2.42. The molecule has 0 unspecified atom stereocenters. The summed E-state index contributed by atoms with van der Waals surface area (Å²) < 4.78 is 0. The average Bonchev–Trinajstić information content (AvgIpc) is 2.66. The van der Waals surface area contributed by atoms with Crippen LogP contribution in [0.1, 0.15) is 52.8 Å². The van der Waals surface area contributed by atoms with E-state index in [2.05, 4.69) is 15.3 Å². The molecule has 6 nitrogen and oxygen atoms in total. The Morgan fingerprint density at radius 2 is 2.08 bits per heavy atom. The van der Waals surface area contributed by atoms with E-state index in [1.54, 1.807) is 4.90 Å². The number of fused-ring (bicyclic) bond motifs is 2. The smallest absolute Gasteiger partial charge is 0.318 e. The van der Waals surface area contributed by atoms with Crippen molar-refractivity contribution in [3.8, 4) is 0 Å². The molecule has 1 aromatic heterocycles. The maximum Gasteiger partial charge on any atom is 0.318 e. The number of carbonyl (C=O) groups is 1. The quantitative estimate of drug-likeness (QED) is 0.870. The van der Waals surface area contributed by atoms with Crippen molar-refractivity contribution in [1.82, 2.24) is 20.2 Å². The molecule has 0 radical (unpaired) electrons. The van der Waals surface area contributed by atoms with Gasteiger partial charge in [0.1, 0.15) is 5.82 Å². The number of urea groups is 1. The van der Waals surface area contributed by atoms with Crippen molar-refractivity contribution in [3.05, 3.63) is 58.2 Å². The minimum absolute atomic E-state index is 0.197. The number of benzene rings is 1. The van der Waals surface area contributed by atoms with Crippen LogP contribution in [0, 0.1) is 6.92 Å². The van der Waals surface area contributed by atoms with Gasteiger partial charge in [0.15, 0.2) is 0 Å². The lowest BCUT2D eigenvalue weighted by Gasteiger charge is -2.32. The van der Waals surface area contributed by atoms with E-state index in [4.69, 9.17) is 0 Å². The summed E-state index contributed by atoms with van der Waals surface area (Å²) in [5, 5.41) is 13.2. The number of β-amino-alcohol motifs (C(OH)–C–C–N with tert-alkyl or cyclic N) is 1. The monoisotopic (exact) mass is 352 g/mol. The summed E-state index contributed by atoms with van der Waals surface area (Å²) in [5.41, 5.74) is 5.34. The Bertz CT molecular complexity index is 837. The summed E-state index contributed by atoms with van der Waals surface area (Å²) in [6, 6.07) is 7.51. The second kappa shape index (κ2) is 7.03. The van der Waals surface area contributed by atoms with Gasteiger partial charge < -0.3 is 15.3 Å². The standard InChI is InChI=1S/C20H24N4O2/c1-13-15-7-4-5-9-17(15)23-19(22-13)10-21-20(26)24-11-14-6-2-3-8-16(14)18(25)12-24/h2-3,6,8,18,25H,4-5,7,9-12H2,1H3,(H,21,26)/t18-/m0/s1. The number of carbonyl (C=O) groups excluding carboxylic acids is 1. The molecule has 136 valence electrons. The average molecular weight is 352 g/mol. The molecule has 4 rings (SSSR count). The lowest BCUT2D eigenvalue weighted by molar-refractivity contribution is 0.104. The first-order chi connectivity index (χ1) is 12.6. The Morgan fingerprint density at radius 3 is 2.96 bits per heavy atom. The highest BCUT2D eigenvalue weighted by Gasteiger charge is 2.26. The van der Waals surface area contributed by atoms with Crippen LogP contribution in [0.2, 0.25) is 0 Å². The molecular weight excluding hydrogens is 328 g/mol. The van der Waals surface area contributed by atoms with Gasteiger partial charge in [-0.3, -0.25) is 0 Å². The maximum atomic E-state index is 12.5. The third-order valence-electron chi connectivity index (χ3n) is 5.29. The van der Waals surface area contributed by atoms with Crippen molar-refractivity contribution in [2.45, 2.75) is 51.8 Å². The fourth-order valence-corrected chi connectivity index (χ4v) is 3.93. The Kier molecular flexibility index (Phi) is 4.59. The van der Waals surface area contributed by atoms with Gasteiger partial charge in [0, 0.05) is 17.9 Å². The number of rotatable bonds is 2. The molecule has 1 aliphatic carbocycles. The van der Waals surface area contributed by atoms with E-state index >= 15 is 0 Å². The highest BCUT2D eigenvalue weighted by atomic mass is 16.3. The van der Waals surface area contributed by atoms with Crippen LogP contribution in [0.5, 0.6) is 0 Å². The van der Waals surface area contributed by atoms with Crippen LogP contribution < -0.4 is 5.32 Å². The van der Waals surface area contributed by atoms with Gasteiger partial charge in [-0.1, -0.05) is 24.3 Å². The summed E-state index contributed by atoms with van der Waals surface area (Å²) in [6.07, 6.45) is 3.77. The zero-order chi connectivity index (χ0) is 18.1. The lowest BCUT2D eigenvalue weighted by atomic mass is 9.95. The van der Waals surface area contributed by atoms with Gasteiger partial charge in [0.05, 0.1) is 19.2 Å². The van der Waals surface area contributed by atoms with Crippen molar-refractivity contribution >= 4 is 6.03 Å². The Labute approximate surface area is 153 Å². The highest BCUT2D eigenvalue weighted by molar-refractivity contribution is 5.74. The fourth-order valence-electron chi connectivity index (χ4n) is 3.93. The van der Waals surface area contributed by atoms with Crippen molar-refractivity contribution < 1.29 is 9.90 Å². The van der Waals surface area contributed by atoms with E-state index in [1.807, 2.05) is 31.2 Å². The number of aliphatic hydroxyl groups is 1. The number of nitrogens with zero attached hydrogens (tertiary/aromatic N) is 3. The molecule has 1 aliphatic heterocycles. The number of aliphatic hydroxyl groups excluding tert-OH is 1. The van der Waals surface area contributed by atoms with Crippen molar-refractivity contribution in [2.75, 3.05) is 6.54 Å².